The number of rotatable bonds is 5. The lowest BCUT2D eigenvalue weighted by Crippen LogP contribution is -2.49. The molecule has 0 saturated carbocycles. The first-order valence-electron chi connectivity index (χ1n) is 8.67. The summed E-state index contributed by atoms with van der Waals surface area (Å²) in [6.07, 6.45) is 0.507. The van der Waals surface area contributed by atoms with Gasteiger partial charge in [-0.2, -0.15) is 5.10 Å². The van der Waals surface area contributed by atoms with Crippen LogP contribution in [-0.4, -0.2) is 58.2 Å². The molecule has 1 aromatic heterocycles. The minimum Gasteiger partial charge on any atom is -0.340 e. The fourth-order valence-electron chi connectivity index (χ4n) is 3.24. The summed E-state index contributed by atoms with van der Waals surface area (Å²) in [6, 6.07) is 12.1. The third kappa shape index (κ3) is 4.23. The fraction of sp³-hybridized carbons (Fsp3) is 0.474. The summed E-state index contributed by atoms with van der Waals surface area (Å²) in [4.78, 5) is 16.8. The molecule has 1 aliphatic rings. The largest absolute Gasteiger partial charge is 0.340 e. The van der Waals surface area contributed by atoms with Crippen LogP contribution < -0.4 is 0 Å². The maximum absolute atomic E-state index is 12.4. The van der Waals surface area contributed by atoms with Gasteiger partial charge >= 0.3 is 0 Å². The number of hydrogen-bond acceptors (Lipinski definition) is 3. The van der Waals surface area contributed by atoms with E-state index in [-0.39, 0.29) is 5.91 Å². The summed E-state index contributed by atoms with van der Waals surface area (Å²) in [5.41, 5.74) is 3.38. The first-order chi connectivity index (χ1) is 11.6. The molecule has 1 fully saturated rings. The molecule has 0 unspecified atom stereocenters. The Morgan fingerprint density at radius 2 is 1.75 bits per heavy atom. The molecule has 0 N–H and O–H groups in total. The SMILES string of the molecule is Cc1cc(C)n(CCN2CCN(C(=O)Cc3ccccc3)CC2)n1. The molecule has 24 heavy (non-hydrogen) atoms. The second-order valence-electron chi connectivity index (χ2n) is 6.54. The van der Waals surface area contributed by atoms with Gasteiger partial charge in [-0.15, -0.1) is 0 Å². The molecule has 128 valence electrons. The highest BCUT2D eigenvalue weighted by Gasteiger charge is 2.21. The maximum Gasteiger partial charge on any atom is 0.227 e. The van der Waals surface area contributed by atoms with Crippen molar-refractivity contribution in [2.45, 2.75) is 26.8 Å². The lowest BCUT2D eigenvalue weighted by Gasteiger charge is -2.34. The molecule has 0 aliphatic carbocycles. The second-order valence-corrected chi connectivity index (χ2v) is 6.54. The minimum atomic E-state index is 0.236. The van der Waals surface area contributed by atoms with E-state index in [0.717, 1.165) is 50.5 Å². The van der Waals surface area contributed by atoms with E-state index in [4.69, 9.17) is 0 Å². The van der Waals surface area contributed by atoms with E-state index in [1.165, 1.54) is 5.69 Å². The molecule has 0 bridgehead atoms. The summed E-state index contributed by atoms with van der Waals surface area (Å²) in [5, 5.41) is 4.51. The van der Waals surface area contributed by atoms with E-state index >= 15 is 0 Å². The number of nitrogens with zero attached hydrogens (tertiary/aromatic N) is 4. The van der Waals surface area contributed by atoms with Crippen LogP contribution in [0.2, 0.25) is 0 Å². The standard InChI is InChI=1S/C19H26N4O/c1-16-14-17(2)23(20-16)13-10-21-8-11-22(12-9-21)19(24)15-18-6-4-3-5-7-18/h3-7,14H,8-13,15H2,1-2H3. The molecule has 3 rings (SSSR count). The predicted molar refractivity (Wildman–Crippen MR) is 94.9 cm³/mol. The Labute approximate surface area is 143 Å². The van der Waals surface area contributed by atoms with Crippen LogP contribution in [0.4, 0.5) is 0 Å². The van der Waals surface area contributed by atoms with Gasteiger partial charge in [0.2, 0.25) is 5.91 Å². The van der Waals surface area contributed by atoms with E-state index < -0.39 is 0 Å². The van der Waals surface area contributed by atoms with Crippen molar-refractivity contribution in [3.05, 3.63) is 53.3 Å². The van der Waals surface area contributed by atoms with Gasteiger partial charge in [-0.3, -0.25) is 14.4 Å². The van der Waals surface area contributed by atoms with Crippen molar-refractivity contribution in [3.63, 3.8) is 0 Å². The number of benzene rings is 1. The third-order valence-electron chi connectivity index (χ3n) is 4.65. The topological polar surface area (TPSA) is 41.4 Å². The Kier molecular flexibility index (Phi) is 5.30. The number of aromatic nitrogens is 2. The van der Waals surface area contributed by atoms with Gasteiger partial charge in [0.05, 0.1) is 18.7 Å². The number of amides is 1. The summed E-state index contributed by atoms with van der Waals surface area (Å²) in [5.74, 6) is 0.236. The predicted octanol–water partition coefficient (Wildman–Crippen LogP) is 1.89. The van der Waals surface area contributed by atoms with Crippen LogP contribution in [0, 0.1) is 13.8 Å². The van der Waals surface area contributed by atoms with Crippen molar-refractivity contribution in [1.82, 2.24) is 19.6 Å². The van der Waals surface area contributed by atoms with E-state index in [1.807, 2.05) is 42.2 Å². The molecule has 1 aromatic carbocycles. The van der Waals surface area contributed by atoms with Crippen LogP contribution in [0.25, 0.3) is 0 Å². The van der Waals surface area contributed by atoms with Crippen molar-refractivity contribution in [2.75, 3.05) is 32.7 Å². The molecule has 0 spiro atoms. The molecule has 0 radical (unpaired) electrons. The highest BCUT2D eigenvalue weighted by atomic mass is 16.2. The molecule has 2 aromatic rings. The Balaban J connectivity index is 1.44. The van der Waals surface area contributed by atoms with Crippen LogP contribution in [0.1, 0.15) is 17.0 Å². The summed E-state index contributed by atoms with van der Waals surface area (Å²) in [7, 11) is 0. The van der Waals surface area contributed by atoms with Crippen LogP contribution >= 0.6 is 0 Å². The van der Waals surface area contributed by atoms with Crippen molar-refractivity contribution >= 4 is 5.91 Å². The van der Waals surface area contributed by atoms with Crippen molar-refractivity contribution in [3.8, 4) is 0 Å². The van der Waals surface area contributed by atoms with Crippen LogP contribution in [0.15, 0.2) is 36.4 Å². The van der Waals surface area contributed by atoms with Gasteiger partial charge in [0.1, 0.15) is 0 Å². The molecule has 1 amide bonds. The van der Waals surface area contributed by atoms with E-state index in [2.05, 4.69) is 27.7 Å². The minimum absolute atomic E-state index is 0.236. The van der Waals surface area contributed by atoms with Crippen LogP contribution in [-0.2, 0) is 17.8 Å². The molecule has 5 nitrogen and oxygen atoms in total. The monoisotopic (exact) mass is 326 g/mol. The van der Waals surface area contributed by atoms with Gasteiger partial charge in [-0.05, 0) is 25.5 Å². The molecular formula is C19H26N4O. The Morgan fingerprint density at radius 1 is 1.04 bits per heavy atom. The quantitative estimate of drug-likeness (QED) is 0.842. The maximum atomic E-state index is 12.4. The lowest BCUT2D eigenvalue weighted by molar-refractivity contribution is -0.132. The number of carbonyl (C=O) groups excluding carboxylic acids is 1. The molecule has 5 heteroatoms. The summed E-state index contributed by atoms with van der Waals surface area (Å²) in [6.45, 7) is 9.56. The average molecular weight is 326 g/mol. The number of hydrogen-bond donors (Lipinski definition) is 0. The molecular weight excluding hydrogens is 300 g/mol. The Hall–Kier alpha value is -2.14. The van der Waals surface area contributed by atoms with Crippen molar-refractivity contribution in [1.29, 1.82) is 0 Å². The second kappa shape index (κ2) is 7.62. The third-order valence-corrected chi connectivity index (χ3v) is 4.65. The molecule has 1 aliphatic heterocycles. The first kappa shape index (κ1) is 16.7. The van der Waals surface area contributed by atoms with E-state index in [9.17, 15) is 4.79 Å². The summed E-state index contributed by atoms with van der Waals surface area (Å²) < 4.78 is 2.07. The highest BCUT2D eigenvalue weighted by molar-refractivity contribution is 5.78. The van der Waals surface area contributed by atoms with E-state index in [1.54, 1.807) is 0 Å². The van der Waals surface area contributed by atoms with Gasteiger partial charge in [0.15, 0.2) is 0 Å². The van der Waals surface area contributed by atoms with Gasteiger partial charge in [0.25, 0.3) is 0 Å². The molecule has 1 saturated heterocycles. The summed E-state index contributed by atoms with van der Waals surface area (Å²) >= 11 is 0. The van der Waals surface area contributed by atoms with Crippen molar-refractivity contribution < 1.29 is 4.79 Å². The Morgan fingerprint density at radius 3 is 2.38 bits per heavy atom. The average Bonchev–Trinajstić information content (AvgIpc) is 2.92. The van der Waals surface area contributed by atoms with E-state index in [0.29, 0.717) is 6.42 Å². The zero-order chi connectivity index (χ0) is 16.9. The smallest absolute Gasteiger partial charge is 0.227 e. The lowest BCUT2D eigenvalue weighted by atomic mass is 10.1. The van der Waals surface area contributed by atoms with Gasteiger partial charge in [-0.25, -0.2) is 0 Å². The van der Waals surface area contributed by atoms with Gasteiger partial charge in [-0.1, -0.05) is 30.3 Å². The van der Waals surface area contributed by atoms with Crippen LogP contribution in [0.5, 0.6) is 0 Å². The Bertz CT molecular complexity index is 672. The van der Waals surface area contributed by atoms with Gasteiger partial charge in [0, 0.05) is 38.4 Å². The highest BCUT2D eigenvalue weighted by Crippen LogP contribution is 2.08. The fourth-order valence-corrected chi connectivity index (χ4v) is 3.24. The zero-order valence-electron chi connectivity index (χ0n) is 14.6. The number of piperazine rings is 1. The molecule has 2 heterocycles. The first-order valence-corrected chi connectivity index (χ1v) is 8.67. The zero-order valence-corrected chi connectivity index (χ0v) is 14.6. The van der Waals surface area contributed by atoms with Crippen molar-refractivity contribution in [2.24, 2.45) is 0 Å². The normalized spacial score (nSPS) is 15.7. The number of aryl methyl sites for hydroxylation is 2. The molecule has 0 atom stereocenters. The number of carbonyl (C=O) groups is 1. The van der Waals surface area contributed by atoms with Gasteiger partial charge < -0.3 is 4.90 Å². The van der Waals surface area contributed by atoms with Crippen LogP contribution in [0.3, 0.4) is 0 Å².